The second-order valence-corrected chi connectivity index (χ2v) is 10.9. The van der Waals surface area contributed by atoms with E-state index in [-0.39, 0.29) is 5.03 Å². The van der Waals surface area contributed by atoms with Crippen molar-refractivity contribution in [3.05, 3.63) is 72.8 Å². The molecular weight excluding hydrogens is 484 g/mol. The Morgan fingerprint density at radius 3 is 2.43 bits per heavy atom. The van der Waals surface area contributed by atoms with Gasteiger partial charge in [-0.05, 0) is 23.8 Å². The number of benzene rings is 2. The van der Waals surface area contributed by atoms with E-state index < -0.39 is 9.84 Å². The SMILES string of the molecule is COc1ccc(Cn2cnc(-c3ccccc3)c2-c2cc3c(S(C)(=O)=O)ncnc3s2)cc1OC. The smallest absolute Gasteiger partial charge is 0.193 e. The van der Waals surface area contributed by atoms with Crippen molar-refractivity contribution in [1.82, 2.24) is 19.5 Å². The normalized spacial score (nSPS) is 11.6. The first-order chi connectivity index (χ1) is 16.9. The first-order valence-electron chi connectivity index (χ1n) is 10.7. The molecule has 178 valence electrons. The summed E-state index contributed by atoms with van der Waals surface area (Å²) in [6.45, 7) is 0.522. The number of fused-ring (bicyclic) bond motifs is 1. The fourth-order valence-corrected chi connectivity index (χ4v) is 5.91. The van der Waals surface area contributed by atoms with Gasteiger partial charge < -0.3 is 14.0 Å². The third-order valence-corrected chi connectivity index (χ3v) is 7.64. The second-order valence-electron chi connectivity index (χ2n) is 7.91. The molecule has 3 heterocycles. The predicted molar refractivity (Wildman–Crippen MR) is 136 cm³/mol. The van der Waals surface area contributed by atoms with Crippen molar-refractivity contribution in [2.24, 2.45) is 0 Å². The summed E-state index contributed by atoms with van der Waals surface area (Å²) in [6.07, 6.45) is 4.24. The zero-order chi connectivity index (χ0) is 24.6. The van der Waals surface area contributed by atoms with Crippen LogP contribution in [0.3, 0.4) is 0 Å². The molecule has 0 saturated carbocycles. The van der Waals surface area contributed by atoms with E-state index in [0.29, 0.717) is 28.3 Å². The highest BCUT2D eigenvalue weighted by atomic mass is 32.2. The first-order valence-corrected chi connectivity index (χ1v) is 13.4. The van der Waals surface area contributed by atoms with Gasteiger partial charge in [-0.3, -0.25) is 0 Å². The van der Waals surface area contributed by atoms with Crippen LogP contribution < -0.4 is 9.47 Å². The Balaban J connectivity index is 1.68. The van der Waals surface area contributed by atoms with Gasteiger partial charge in [0.2, 0.25) is 0 Å². The molecule has 3 aromatic heterocycles. The average molecular weight is 507 g/mol. The van der Waals surface area contributed by atoms with Crippen LogP contribution >= 0.6 is 11.3 Å². The summed E-state index contributed by atoms with van der Waals surface area (Å²) in [5.41, 5.74) is 3.62. The third-order valence-electron chi connectivity index (χ3n) is 5.56. The highest BCUT2D eigenvalue weighted by molar-refractivity contribution is 7.90. The van der Waals surface area contributed by atoms with Gasteiger partial charge in [0.1, 0.15) is 11.2 Å². The highest BCUT2D eigenvalue weighted by Gasteiger charge is 2.22. The molecule has 0 aliphatic carbocycles. The maximum absolute atomic E-state index is 12.3. The molecule has 8 nitrogen and oxygen atoms in total. The van der Waals surface area contributed by atoms with Crippen LogP contribution in [0.5, 0.6) is 11.5 Å². The first kappa shape index (κ1) is 23.0. The van der Waals surface area contributed by atoms with Crippen LogP contribution in [0.2, 0.25) is 0 Å². The number of methoxy groups -OCH3 is 2. The number of imidazole rings is 1. The van der Waals surface area contributed by atoms with Crippen LogP contribution in [0.4, 0.5) is 0 Å². The summed E-state index contributed by atoms with van der Waals surface area (Å²) in [6, 6.07) is 17.5. The van der Waals surface area contributed by atoms with E-state index in [1.165, 1.54) is 17.7 Å². The minimum Gasteiger partial charge on any atom is -0.493 e. The lowest BCUT2D eigenvalue weighted by molar-refractivity contribution is 0.354. The van der Waals surface area contributed by atoms with Crippen molar-refractivity contribution in [2.45, 2.75) is 11.6 Å². The minimum atomic E-state index is -3.51. The maximum atomic E-state index is 12.3. The number of hydrogen-bond donors (Lipinski definition) is 0. The van der Waals surface area contributed by atoms with Gasteiger partial charge >= 0.3 is 0 Å². The van der Waals surface area contributed by atoms with Crippen LogP contribution in [0.1, 0.15) is 5.56 Å². The molecule has 0 N–H and O–H groups in total. The number of aromatic nitrogens is 4. The molecule has 5 aromatic rings. The lowest BCUT2D eigenvalue weighted by Crippen LogP contribution is -2.02. The molecule has 0 aliphatic heterocycles. The van der Waals surface area contributed by atoms with Crippen molar-refractivity contribution < 1.29 is 17.9 Å². The molecular formula is C25H22N4O4S2. The number of hydrogen-bond acceptors (Lipinski definition) is 8. The number of rotatable bonds is 7. The van der Waals surface area contributed by atoms with Gasteiger partial charge in [0.15, 0.2) is 26.4 Å². The highest BCUT2D eigenvalue weighted by Crippen LogP contribution is 2.39. The summed E-state index contributed by atoms with van der Waals surface area (Å²) >= 11 is 1.41. The molecule has 0 aliphatic rings. The van der Waals surface area contributed by atoms with Gasteiger partial charge in [0.25, 0.3) is 0 Å². The van der Waals surface area contributed by atoms with E-state index in [0.717, 1.165) is 33.6 Å². The molecule has 0 amide bonds. The standard InChI is InChI=1S/C25H22N4O4S2/c1-32-19-10-9-16(11-20(19)33-2)13-29-15-28-22(17-7-5-4-6-8-17)23(29)21-12-18-24(34-21)26-14-27-25(18)35(3,30)31/h4-12,14-15H,13H2,1-3H3. The molecule has 0 saturated heterocycles. The Kier molecular flexibility index (Phi) is 6.00. The van der Waals surface area contributed by atoms with Crippen LogP contribution in [-0.4, -0.2) is 48.4 Å². The van der Waals surface area contributed by atoms with E-state index in [2.05, 4.69) is 9.97 Å². The van der Waals surface area contributed by atoms with Gasteiger partial charge in [-0.2, -0.15) is 0 Å². The van der Waals surface area contributed by atoms with Crippen molar-refractivity contribution in [2.75, 3.05) is 20.5 Å². The fourth-order valence-electron chi connectivity index (χ4n) is 3.99. The molecule has 0 bridgehead atoms. The third kappa shape index (κ3) is 4.38. The maximum Gasteiger partial charge on any atom is 0.193 e. The molecule has 0 radical (unpaired) electrons. The van der Waals surface area contributed by atoms with E-state index in [1.54, 1.807) is 20.5 Å². The van der Waals surface area contributed by atoms with Crippen LogP contribution in [0.15, 0.2) is 72.3 Å². The Labute approximate surface area is 206 Å². The van der Waals surface area contributed by atoms with Gasteiger partial charge in [0.05, 0.1) is 36.8 Å². The molecule has 0 fully saturated rings. The quantitative estimate of drug-likeness (QED) is 0.296. The monoisotopic (exact) mass is 506 g/mol. The van der Waals surface area contributed by atoms with Gasteiger partial charge in [-0.15, -0.1) is 11.3 Å². The number of ether oxygens (including phenoxy) is 2. The Bertz CT molecular complexity index is 1630. The van der Waals surface area contributed by atoms with Gasteiger partial charge in [-0.1, -0.05) is 36.4 Å². The van der Waals surface area contributed by atoms with E-state index in [9.17, 15) is 8.42 Å². The van der Waals surface area contributed by atoms with Crippen molar-refractivity contribution >= 4 is 31.4 Å². The Morgan fingerprint density at radius 1 is 0.943 bits per heavy atom. The summed E-state index contributed by atoms with van der Waals surface area (Å²) < 4.78 is 37.5. The fraction of sp³-hybridized carbons (Fsp3) is 0.160. The van der Waals surface area contributed by atoms with Gasteiger partial charge in [0, 0.05) is 23.8 Å². The van der Waals surface area contributed by atoms with Crippen LogP contribution in [0.25, 0.3) is 32.0 Å². The number of sulfone groups is 1. The second kappa shape index (κ2) is 9.12. The van der Waals surface area contributed by atoms with Crippen molar-refractivity contribution in [3.8, 4) is 33.3 Å². The van der Waals surface area contributed by atoms with E-state index >= 15 is 0 Å². The molecule has 0 spiro atoms. The molecule has 35 heavy (non-hydrogen) atoms. The van der Waals surface area contributed by atoms with Crippen LogP contribution in [-0.2, 0) is 16.4 Å². The minimum absolute atomic E-state index is 0.0252. The van der Waals surface area contributed by atoms with Crippen molar-refractivity contribution in [1.29, 1.82) is 0 Å². The van der Waals surface area contributed by atoms with Gasteiger partial charge in [-0.25, -0.2) is 23.4 Å². The lowest BCUT2D eigenvalue weighted by Gasteiger charge is -2.12. The zero-order valence-corrected chi connectivity index (χ0v) is 20.9. The lowest BCUT2D eigenvalue weighted by atomic mass is 10.1. The number of thiophene rings is 1. The summed E-state index contributed by atoms with van der Waals surface area (Å²) in [4.78, 5) is 14.6. The largest absolute Gasteiger partial charge is 0.493 e. The molecule has 0 unspecified atom stereocenters. The molecule has 10 heteroatoms. The Hall–Kier alpha value is -3.76. The van der Waals surface area contributed by atoms with Crippen molar-refractivity contribution in [3.63, 3.8) is 0 Å². The summed E-state index contributed by atoms with van der Waals surface area (Å²) in [7, 11) is -0.302. The molecule has 0 atom stereocenters. The molecule has 2 aromatic carbocycles. The predicted octanol–water partition coefficient (Wildman–Crippen LogP) is 4.69. The number of nitrogens with zero attached hydrogens (tertiary/aromatic N) is 4. The zero-order valence-electron chi connectivity index (χ0n) is 19.3. The molecule has 5 rings (SSSR count). The average Bonchev–Trinajstić information content (AvgIpc) is 3.47. The van der Waals surface area contributed by atoms with E-state index in [1.807, 2.05) is 59.2 Å². The Morgan fingerprint density at radius 2 is 1.71 bits per heavy atom. The van der Waals surface area contributed by atoms with E-state index in [4.69, 9.17) is 14.5 Å². The summed E-state index contributed by atoms with van der Waals surface area (Å²) in [5, 5.41) is 0.532. The van der Waals surface area contributed by atoms with Crippen LogP contribution in [0, 0.1) is 0 Å². The summed E-state index contributed by atoms with van der Waals surface area (Å²) in [5.74, 6) is 1.30. The topological polar surface area (TPSA) is 96.2 Å².